The van der Waals surface area contributed by atoms with Crippen LogP contribution in [0.3, 0.4) is 0 Å². The van der Waals surface area contributed by atoms with Gasteiger partial charge >= 0.3 is 0 Å². The summed E-state index contributed by atoms with van der Waals surface area (Å²) in [5, 5.41) is 2.75. The Morgan fingerprint density at radius 1 is 1.31 bits per heavy atom. The normalized spacial score (nSPS) is 12.4. The minimum absolute atomic E-state index is 0.0687. The molecule has 0 aliphatic carbocycles. The van der Waals surface area contributed by atoms with Gasteiger partial charge in [0.05, 0.1) is 6.54 Å². The number of hydrogen-bond acceptors (Lipinski definition) is 3. The van der Waals surface area contributed by atoms with Crippen LogP contribution in [0, 0.1) is 5.92 Å². The summed E-state index contributed by atoms with van der Waals surface area (Å²) < 4.78 is 4.89. The fourth-order valence-electron chi connectivity index (χ4n) is 1.08. The lowest BCUT2D eigenvalue weighted by Gasteiger charge is -2.20. The van der Waals surface area contributed by atoms with Crippen molar-refractivity contribution in [2.45, 2.75) is 26.9 Å². The van der Waals surface area contributed by atoms with Gasteiger partial charge in [0.2, 0.25) is 5.91 Å². The molecule has 5 heteroatoms. The van der Waals surface area contributed by atoms with Gasteiger partial charge in [0, 0.05) is 20.7 Å². The molecule has 1 unspecified atom stereocenters. The maximum Gasteiger partial charge on any atom is 0.251 e. The molecule has 0 aromatic heterocycles. The summed E-state index contributed by atoms with van der Waals surface area (Å²) in [6.07, 6.45) is -0.511. The second kappa shape index (κ2) is 7.22. The van der Waals surface area contributed by atoms with E-state index in [0.29, 0.717) is 12.5 Å². The first-order valence-corrected chi connectivity index (χ1v) is 5.43. The molecule has 0 spiro atoms. The Morgan fingerprint density at radius 2 is 1.88 bits per heavy atom. The molecule has 16 heavy (non-hydrogen) atoms. The molecule has 0 saturated heterocycles. The van der Waals surface area contributed by atoms with Crippen molar-refractivity contribution in [3.63, 3.8) is 0 Å². The van der Waals surface area contributed by atoms with E-state index in [4.69, 9.17) is 4.74 Å². The van der Waals surface area contributed by atoms with Crippen molar-refractivity contribution >= 4 is 11.8 Å². The maximum absolute atomic E-state index is 11.6. The van der Waals surface area contributed by atoms with Crippen LogP contribution >= 0.6 is 0 Å². The Morgan fingerprint density at radius 3 is 2.31 bits per heavy atom. The van der Waals surface area contributed by atoms with Gasteiger partial charge in [-0.1, -0.05) is 13.8 Å². The molecule has 1 atom stereocenters. The summed E-state index contributed by atoms with van der Waals surface area (Å²) in [6.45, 7) is 6.38. The highest BCUT2D eigenvalue weighted by molar-refractivity contribution is 5.86. The van der Waals surface area contributed by atoms with Crippen molar-refractivity contribution < 1.29 is 14.3 Å². The average molecular weight is 230 g/mol. The zero-order valence-corrected chi connectivity index (χ0v) is 10.7. The minimum Gasteiger partial charge on any atom is -0.372 e. The van der Waals surface area contributed by atoms with E-state index in [-0.39, 0.29) is 18.4 Å². The molecule has 0 bridgehead atoms. The first-order chi connectivity index (χ1) is 7.38. The first kappa shape index (κ1) is 14.9. The number of amides is 2. The fraction of sp³-hybridized carbons (Fsp3) is 0.818. The third-order valence-corrected chi connectivity index (χ3v) is 2.17. The van der Waals surface area contributed by atoms with Crippen LogP contribution in [0.4, 0.5) is 0 Å². The third-order valence-electron chi connectivity index (χ3n) is 2.17. The van der Waals surface area contributed by atoms with Crippen LogP contribution < -0.4 is 5.32 Å². The number of likely N-dealkylation sites (N-methyl/N-ethyl adjacent to an activating group) is 1. The van der Waals surface area contributed by atoms with E-state index in [1.165, 1.54) is 12.0 Å². The van der Waals surface area contributed by atoms with E-state index < -0.39 is 6.10 Å². The van der Waals surface area contributed by atoms with Crippen LogP contribution in [0.2, 0.25) is 0 Å². The quantitative estimate of drug-likeness (QED) is 0.711. The van der Waals surface area contributed by atoms with Gasteiger partial charge in [-0.15, -0.1) is 0 Å². The van der Waals surface area contributed by atoms with Crippen LogP contribution in [0.15, 0.2) is 0 Å². The Balaban J connectivity index is 3.99. The number of nitrogens with one attached hydrogen (secondary N) is 1. The average Bonchev–Trinajstić information content (AvgIpc) is 2.24. The van der Waals surface area contributed by atoms with Crippen LogP contribution in [0.1, 0.15) is 20.8 Å². The summed E-state index contributed by atoms with van der Waals surface area (Å²) in [6, 6.07) is 0. The van der Waals surface area contributed by atoms with E-state index in [2.05, 4.69) is 5.32 Å². The summed E-state index contributed by atoms with van der Waals surface area (Å²) in [5.74, 6) is 0.0675. The van der Waals surface area contributed by atoms with Gasteiger partial charge < -0.3 is 15.0 Å². The molecule has 0 aliphatic heterocycles. The van der Waals surface area contributed by atoms with E-state index in [9.17, 15) is 9.59 Å². The number of ether oxygens (including phenoxy) is 1. The smallest absolute Gasteiger partial charge is 0.251 e. The molecule has 0 saturated carbocycles. The lowest BCUT2D eigenvalue weighted by atomic mass is 10.2. The zero-order chi connectivity index (χ0) is 12.7. The predicted molar refractivity (Wildman–Crippen MR) is 62.0 cm³/mol. The van der Waals surface area contributed by atoms with Gasteiger partial charge in [0.15, 0.2) is 0 Å². The molecule has 2 amide bonds. The zero-order valence-electron chi connectivity index (χ0n) is 10.7. The van der Waals surface area contributed by atoms with Crippen LogP contribution in [0.25, 0.3) is 0 Å². The molecular formula is C11H22N2O3. The molecule has 94 valence electrons. The minimum atomic E-state index is -0.511. The Bertz CT molecular complexity index is 241. The van der Waals surface area contributed by atoms with Crippen LogP contribution in [-0.2, 0) is 14.3 Å². The highest BCUT2D eigenvalue weighted by Crippen LogP contribution is 1.95. The number of rotatable bonds is 6. The predicted octanol–water partition coefficient (Wildman–Crippen LogP) is 0.252. The fourth-order valence-corrected chi connectivity index (χ4v) is 1.08. The Labute approximate surface area is 97.1 Å². The standard InChI is InChI=1S/C11H22N2O3/c1-8(2)6-12-10(14)7-13(4)11(15)9(3)16-5/h8-9H,6-7H2,1-5H3,(H,12,14). The van der Waals surface area contributed by atoms with E-state index in [1.54, 1.807) is 14.0 Å². The molecule has 0 radical (unpaired) electrons. The van der Waals surface area contributed by atoms with Gasteiger partial charge in [0.1, 0.15) is 6.10 Å². The number of carbonyl (C=O) groups excluding carboxylic acids is 2. The summed E-state index contributed by atoms with van der Waals surface area (Å²) in [5.41, 5.74) is 0. The van der Waals surface area contributed by atoms with Crippen molar-refractivity contribution in [3.8, 4) is 0 Å². The van der Waals surface area contributed by atoms with Crippen molar-refractivity contribution in [2.75, 3.05) is 27.2 Å². The largest absolute Gasteiger partial charge is 0.372 e. The molecule has 1 N–H and O–H groups in total. The number of carbonyl (C=O) groups is 2. The van der Waals surface area contributed by atoms with Gasteiger partial charge in [-0.05, 0) is 12.8 Å². The molecule has 0 aromatic rings. The van der Waals surface area contributed by atoms with Gasteiger partial charge in [-0.2, -0.15) is 0 Å². The number of methoxy groups -OCH3 is 1. The van der Waals surface area contributed by atoms with Gasteiger partial charge in [-0.3, -0.25) is 9.59 Å². The van der Waals surface area contributed by atoms with Crippen LogP contribution in [0.5, 0.6) is 0 Å². The molecule has 0 aromatic carbocycles. The third kappa shape index (κ3) is 5.70. The van der Waals surface area contributed by atoms with Crippen molar-refractivity contribution in [3.05, 3.63) is 0 Å². The highest BCUT2D eigenvalue weighted by atomic mass is 16.5. The van der Waals surface area contributed by atoms with Crippen molar-refractivity contribution in [1.29, 1.82) is 0 Å². The monoisotopic (exact) mass is 230 g/mol. The maximum atomic E-state index is 11.6. The van der Waals surface area contributed by atoms with Crippen molar-refractivity contribution in [1.82, 2.24) is 10.2 Å². The lowest BCUT2D eigenvalue weighted by Crippen LogP contribution is -2.43. The van der Waals surface area contributed by atoms with Crippen molar-refractivity contribution in [2.24, 2.45) is 5.92 Å². The van der Waals surface area contributed by atoms with Gasteiger partial charge in [0.25, 0.3) is 5.91 Å². The molecular weight excluding hydrogens is 208 g/mol. The molecule has 0 aliphatic rings. The van der Waals surface area contributed by atoms with E-state index in [0.717, 1.165) is 0 Å². The SMILES string of the molecule is COC(C)C(=O)N(C)CC(=O)NCC(C)C. The van der Waals surface area contributed by atoms with Gasteiger partial charge in [-0.25, -0.2) is 0 Å². The molecule has 0 rings (SSSR count). The second-order valence-electron chi connectivity index (χ2n) is 4.27. The lowest BCUT2D eigenvalue weighted by molar-refractivity contribution is -0.142. The molecule has 5 nitrogen and oxygen atoms in total. The molecule has 0 fully saturated rings. The van der Waals surface area contributed by atoms with E-state index in [1.807, 2.05) is 13.8 Å². The number of nitrogens with zero attached hydrogens (tertiary/aromatic N) is 1. The van der Waals surface area contributed by atoms with E-state index >= 15 is 0 Å². The Kier molecular flexibility index (Phi) is 6.72. The van der Waals surface area contributed by atoms with Crippen LogP contribution in [-0.4, -0.2) is 50.1 Å². The first-order valence-electron chi connectivity index (χ1n) is 5.43. The summed E-state index contributed by atoms with van der Waals surface area (Å²) in [7, 11) is 3.06. The topological polar surface area (TPSA) is 58.6 Å². The number of hydrogen-bond donors (Lipinski definition) is 1. The summed E-state index contributed by atoms with van der Waals surface area (Å²) >= 11 is 0. The highest BCUT2D eigenvalue weighted by Gasteiger charge is 2.18. The Hall–Kier alpha value is -1.10. The second-order valence-corrected chi connectivity index (χ2v) is 4.27. The molecule has 0 heterocycles. The summed E-state index contributed by atoms with van der Waals surface area (Å²) in [4.78, 5) is 24.4.